The average molecular weight is 292 g/mol. The van der Waals surface area contributed by atoms with Crippen LogP contribution in [0.2, 0.25) is 5.02 Å². The van der Waals surface area contributed by atoms with Gasteiger partial charge in [0.15, 0.2) is 0 Å². The average Bonchev–Trinajstić information content (AvgIpc) is 2.46. The molecule has 0 amide bonds. The first-order valence-electron chi connectivity index (χ1n) is 6.91. The van der Waals surface area contributed by atoms with Crippen LogP contribution < -0.4 is 0 Å². The smallest absolute Gasteiger partial charge is 0.341 e. The van der Waals surface area contributed by atoms with E-state index in [0.717, 1.165) is 30.2 Å². The van der Waals surface area contributed by atoms with E-state index in [1.165, 1.54) is 11.8 Å². The van der Waals surface area contributed by atoms with Crippen molar-refractivity contribution in [3.8, 4) is 0 Å². The maximum Gasteiger partial charge on any atom is 0.341 e. The second-order valence-electron chi connectivity index (χ2n) is 4.66. The summed E-state index contributed by atoms with van der Waals surface area (Å²) in [5, 5.41) is 1.23. The van der Waals surface area contributed by atoms with Gasteiger partial charge in [0.2, 0.25) is 0 Å². The molecule has 2 rings (SSSR count). The maximum absolute atomic E-state index is 11.8. The fourth-order valence-electron chi connectivity index (χ4n) is 2.09. The number of aromatic nitrogens is 1. The van der Waals surface area contributed by atoms with Crippen LogP contribution in [0, 0.1) is 0 Å². The van der Waals surface area contributed by atoms with Crippen LogP contribution in [0.15, 0.2) is 24.4 Å². The van der Waals surface area contributed by atoms with E-state index in [2.05, 4.69) is 18.0 Å². The lowest BCUT2D eigenvalue weighted by Gasteiger charge is -2.08. The number of ether oxygens (including phenoxy) is 1. The van der Waals surface area contributed by atoms with Crippen LogP contribution in [0.1, 0.15) is 42.6 Å². The Balaban J connectivity index is 2.44. The van der Waals surface area contributed by atoms with Crippen LogP contribution in [0.4, 0.5) is 0 Å². The Kier molecular flexibility index (Phi) is 4.96. The molecule has 0 aliphatic rings. The quantitative estimate of drug-likeness (QED) is 0.766. The highest BCUT2D eigenvalue weighted by Gasteiger charge is 2.15. The number of pyridine rings is 1. The predicted molar refractivity (Wildman–Crippen MR) is 81.3 cm³/mol. The van der Waals surface area contributed by atoms with Gasteiger partial charge in [-0.15, -0.1) is 0 Å². The molecule has 0 saturated heterocycles. The van der Waals surface area contributed by atoms with Crippen molar-refractivity contribution in [3.05, 3.63) is 40.5 Å². The maximum atomic E-state index is 11.8. The molecule has 0 spiro atoms. The minimum Gasteiger partial charge on any atom is -0.462 e. The highest BCUT2D eigenvalue weighted by Crippen LogP contribution is 2.27. The molecule has 0 unspecified atom stereocenters. The van der Waals surface area contributed by atoms with Gasteiger partial charge in [-0.2, -0.15) is 0 Å². The van der Waals surface area contributed by atoms with Crippen LogP contribution in [0.3, 0.4) is 0 Å². The highest BCUT2D eigenvalue weighted by molar-refractivity contribution is 6.38. The van der Waals surface area contributed by atoms with Crippen molar-refractivity contribution in [1.82, 2.24) is 4.98 Å². The van der Waals surface area contributed by atoms with E-state index in [1.54, 1.807) is 6.92 Å². The third-order valence-electron chi connectivity index (χ3n) is 3.18. The van der Waals surface area contributed by atoms with Crippen LogP contribution in [-0.2, 0) is 11.2 Å². The van der Waals surface area contributed by atoms with Gasteiger partial charge in [0, 0.05) is 11.6 Å². The zero-order valence-electron chi connectivity index (χ0n) is 11.8. The number of hydrogen-bond donors (Lipinski definition) is 0. The number of hydrogen-bond acceptors (Lipinski definition) is 3. The summed E-state index contributed by atoms with van der Waals surface area (Å²) in [6.45, 7) is 4.25. The number of esters is 1. The van der Waals surface area contributed by atoms with Gasteiger partial charge < -0.3 is 4.74 Å². The van der Waals surface area contributed by atoms with Gasteiger partial charge in [-0.05, 0) is 37.5 Å². The van der Waals surface area contributed by atoms with Crippen LogP contribution in [0.5, 0.6) is 0 Å². The van der Waals surface area contributed by atoms with Crippen molar-refractivity contribution in [2.45, 2.75) is 33.1 Å². The van der Waals surface area contributed by atoms with Crippen LogP contribution in [-0.4, -0.2) is 17.6 Å². The standard InChI is InChI=1S/C16H18ClNO2/c1-3-5-6-11-7-8-14-12(9-11)15(17)13(10-18-14)16(19)20-4-2/h7-10H,3-6H2,1-2H3. The molecule has 0 bridgehead atoms. The van der Waals surface area contributed by atoms with Crippen LogP contribution in [0.25, 0.3) is 10.9 Å². The Morgan fingerprint density at radius 1 is 1.35 bits per heavy atom. The number of halogens is 1. The topological polar surface area (TPSA) is 39.2 Å². The molecule has 106 valence electrons. The van der Waals surface area contributed by atoms with E-state index in [9.17, 15) is 4.79 Å². The molecule has 20 heavy (non-hydrogen) atoms. The Hall–Kier alpha value is -1.61. The fourth-order valence-corrected chi connectivity index (χ4v) is 2.37. The lowest BCUT2D eigenvalue weighted by molar-refractivity contribution is 0.0526. The highest BCUT2D eigenvalue weighted by atomic mass is 35.5. The number of fused-ring (bicyclic) bond motifs is 1. The van der Waals surface area contributed by atoms with E-state index in [0.29, 0.717) is 17.2 Å². The Morgan fingerprint density at radius 2 is 2.15 bits per heavy atom. The van der Waals surface area contributed by atoms with Gasteiger partial charge in [-0.25, -0.2) is 4.79 Å². The summed E-state index contributed by atoms with van der Waals surface area (Å²) >= 11 is 6.34. The Bertz CT molecular complexity index is 625. The molecule has 1 aromatic carbocycles. The molecule has 3 nitrogen and oxygen atoms in total. The molecule has 0 radical (unpaired) electrons. The molecule has 0 fully saturated rings. The van der Waals surface area contributed by atoms with E-state index in [1.807, 2.05) is 12.1 Å². The first-order valence-corrected chi connectivity index (χ1v) is 7.29. The number of carbonyl (C=O) groups excluding carboxylic acids is 1. The minimum absolute atomic E-state index is 0.323. The molecular formula is C16H18ClNO2. The lowest BCUT2D eigenvalue weighted by atomic mass is 10.0. The van der Waals surface area contributed by atoms with Gasteiger partial charge in [0.1, 0.15) is 0 Å². The summed E-state index contributed by atoms with van der Waals surface area (Å²) in [4.78, 5) is 16.1. The van der Waals surface area contributed by atoms with Crippen molar-refractivity contribution in [2.75, 3.05) is 6.61 Å². The zero-order chi connectivity index (χ0) is 14.5. The van der Waals surface area contributed by atoms with Gasteiger partial charge >= 0.3 is 5.97 Å². The number of aryl methyl sites for hydroxylation is 1. The van der Waals surface area contributed by atoms with E-state index >= 15 is 0 Å². The summed E-state index contributed by atoms with van der Waals surface area (Å²) in [5.41, 5.74) is 2.33. The van der Waals surface area contributed by atoms with E-state index < -0.39 is 5.97 Å². The molecule has 0 atom stereocenters. The summed E-state index contributed by atoms with van der Waals surface area (Å²) in [6.07, 6.45) is 4.77. The molecular weight excluding hydrogens is 274 g/mol. The van der Waals surface area contributed by atoms with Gasteiger partial charge in [0.25, 0.3) is 0 Å². The van der Waals surface area contributed by atoms with Gasteiger partial charge in [-0.1, -0.05) is 31.0 Å². The van der Waals surface area contributed by atoms with E-state index in [-0.39, 0.29) is 0 Å². The second-order valence-corrected chi connectivity index (χ2v) is 5.04. The Labute approximate surface area is 123 Å². The number of unbranched alkanes of at least 4 members (excludes halogenated alkanes) is 1. The van der Waals surface area contributed by atoms with Crippen molar-refractivity contribution < 1.29 is 9.53 Å². The molecule has 0 N–H and O–H groups in total. The molecule has 0 aliphatic carbocycles. The van der Waals surface area contributed by atoms with Gasteiger partial charge in [0.05, 0.1) is 22.7 Å². The van der Waals surface area contributed by atoms with Crippen molar-refractivity contribution >= 4 is 28.5 Å². The SMILES string of the molecule is CCCCc1ccc2ncc(C(=O)OCC)c(Cl)c2c1. The molecule has 1 heterocycles. The van der Waals surface area contributed by atoms with Gasteiger partial charge in [-0.3, -0.25) is 4.98 Å². The third-order valence-corrected chi connectivity index (χ3v) is 3.59. The summed E-state index contributed by atoms with van der Waals surface area (Å²) in [7, 11) is 0. The molecule has 1 aromatic heterocycles. The number of benzene rings is 1. The number of nitrogens with zero attached hydrogens (tertiary/aromatic N) is 1. The third kappa shape index (κ3) is 3.10. The summed E-state index contributed by atoms with van der Waals surface area (Å²) in [5.74, 6) is -0.425. The first-order chi connectivity index (χ1) is 9.67. The monoisotopic (exact) mass is 291 g/mol. The van der Waals surface area contributed by atoms with Crippen LogP contribution >= 0.6 is 11.6 Å². The Morgan fingerprint density at radius 3 is 2.85 bits per heavy atom. The predicted octanol–water partition coefficient (Wildman–Crippen LogP) is 4.41. The summed E-state index contributed by atoms with van der Waals surface area (Å²) < 4.78 is 4.99. The molecule has 2 aromatic rings. The summed E-state index contributed by atoms with van der Waals surface area (Å²) in [6, 6.07) is 6.02. The zero-order valence-corrected chi connectivity index (χ0v) is 12.5. The number of rotatable bonds is 5. The minimum atomic E-state index is -0.425. The largest absolute Gasteiger partial charge is 0.462 e. The normalized spacial score (nSPS) is 10.8. The lowest BCUT2D eigenvalue weighted by Crippen LogP contribution is -2.06. The first kappa shape index (κ1) is 14.8. The molecule has 4 heteroatoms. The van der Waals surface area contributed by atoms with Crippen molar-refractivity contribution in [3.63, 3.8) is 0 Å². The number of carbonyl (C=O) groups is 1. The van der Waals surface area contributed by atoms with Crippen molar-refractivity contribution in [2.24, 2.45) is 0 Å². The fraction of sp³-hybridized carbons (Fsp3) is 0.375. The van der Waals surface area contributed by atoms with Crippen molar-refractivity contribution in [1.29, 1.82) is 0 Å². The molecule has 0 saturated carbocycles. The molecule has 0 aliphatic heterocycles. The second kappa shape index (κ2) is 6.71. The van der Waals surface area contributed by atoms with E-state index in [4.69, 9.17) is 16.3 Å².